The van der Waals surface area contributed by atoms with Gasteiger partial charge in [-0.1, -0.05) is 0 Å². The largest absolute Gasteiger partial charge is 0.318 e. The van der Waals surface area contributed by atoms with E-state index < -0.39 is 0 Å². The minimum atomic E-state index is 0.979. The van der Waals surface area contributed by atoms with Gasteiger partial charge in [-0.3, -0.25) is 4.68 Å². The Morgan fingerprint density at radius 2 is 2.07 bits per heavy atom. The highest BCUT2D eigenvalue weighted by Gasteiger charge is 2.10. The zero-order valence-electron chi connectivity index (χ0n) is 10.5. The first-order valence-electron chi connectivity index (χ1n) is 5.38. The van der Waals surface area contributed by atoms with E-state index in [-0.39, 0.29) is 0 Å². The summed E-state index contributed by atoms with van der Waals surface area (Å²) in [4.78, 5) is 2.31. The summed E-state index contributed by atoms with van der Waals surface area (Å²) in [5, 5.41) is 7.57. The maximum absolute atomic E-state index is 4.42. The molecule has 1 heterocycles. The molecule has 0 aliphatic rings. The second-order valence-electron chi connectivity index (χ2n) is 4.11. The van der Waals surface area contributed by atoms with Crippen LogP contribution in [-0.4, -0.2) is 41.9 Å². The van der Waals surface area contributed by atoms with Crippen LogP contribution in [0.3, 0.4) is 0 Å². The smallest absolute Gasteiger partial charge is 0.0641 e. The standard InChI is InChI=1S/C11H22N4/c1-9-11(10(2)15(5)13-9)8-14(4)7-6-12-3/h12H,6-8H2,1-5H3. The van der Waals surface area contributed by atoms with Crippen molar-refractivity contribution in [1.82, 2.24) is 20.0 Å². The van der Waals surface area contributed by atoms with Crippen LogP contribution in [0.25, 0.3) is 0 Å². The van der Waals surface area contributed by atoms with Gasteiger partial charge in [0, 0.05) is 37.9 Å². The van der Waals surface area contributed by atoms with E-state index in [1.165, 1.54) is 11.3 Å². The number of likely N-dealkylation sites (N-methyl/N-ethyl adjacent to an activating group) is 2. The highest BCUT2D eigenvalue weighted by molar-refractivity contribution is 5.23. The molecule has 0 spiro atoms. The zero-order valence-corrected chi connectivity index (χ0v) is 10.5. The maximum atomic E-state index is 4.42. The number of hydrogen-bond donors (Lipinski definition) is 1. The van der Waals surface area contributed by atoms with E-state index in [9.17, 15) is 0 Å². The Hall–Kier alpha value is -0.870. The van der Waals surface area contributed by atoms with Crippen LogP contribution in [-0.2, 0) is 13.6 Å². The molecule has 0 radical (unpaired) electrons. The molecule has 0 amide bonds. The first-order valence-corrected chi connectivity index (χ1v) is 5.38. The van der Waals surface area contributed by atoms with E-state index >= 15 is 0 Å². The van der Waals surface area contributed by atoms with E-state index in [0.29, 0.717) is 0 Å². The van der Waals surface area contributed by atoms with Crippen molar-refractivity contribution in [3.05, 3.63) is 17.0 Å². The summed E-state index contributed by atoms with van der Waals surface area (Å²) in [5.74, 6) is 0. The number of hydrogen-bond acceptors (Lipinski definition) is 3. The second-order valence-corrected chi connectivity index (χ2v) is 4.11. The van der Waals surface area contributed by atoms with E-state index in [1.807, 2.05) is 18.8 Å². The number of aromatic nitrogens is 2. The number of nitrogens with one attached hydrogen (secondary N) is 1. The Kier molecular flexibility index (Phi) is 4.29. The average molecular weight is 210 g/mol. The van der Waals surface area contributed by atoms with Crippen LogP contribution in [0.2, 0.25) is 0 Å². The SMILES string of the molecule is CNCCN(C)Cc1c(C)nn(C)c1C. The van der Waals surface area contributed by atoms with Crippen molar-refractivity contribution in [3.63, 3.8) is 0 Å². The third-order valence-corrected chi connectivity index (χ3v) is 2.83. The van der Waals surface area contributed by atoms with Crippen molar-refractivity contribution in [3.8, 4) is 0 Å². The summed E-state index contributed by atoms with van der Waals surface area (Å²) >= 11 is 0. The van der Waals surface area contributed by atoms with Crippen LogP contribution in [0.4, 0.5) is 0 Å². The number of nitrogens with zero attached hydrogens (tertiary/aromatic N) is 3. The summed E-state index contributed by atoms with van der Waals surface area (Å²) < 4.78 is 1.95. The normalized spacial score (nSPS) is 11.3. The molecule has 4 heteroatoms. The fraction of sp³-hybridized carbons (Fsp3) is 0.727. The van der Waals surface area contributed by atoms with Gasteiger partial charge in [-0.05, 0) is 27.9 Å². The van der Waals surface area contributed by atoms with Crippen molar-refractivity contribution in [1.29, 1.82) is 0 Å². The summed E-state index contributed by atoms with van der Waals surface area (Å²) in [5.41, 5.74) is 3.77. The van der Waals surface area contributed by atoms with Gasteiger partial charge >= 0.3 is 0 Å². The van der Waals surface area contributed by atoms with Crippen LogP contribution in [0.5, 0.6) is 0 Å². The van der Waals surface area contributed by atoms with E-state index in [1.54, 1.807) is 0 Å². The second kappa shape index (κ2) is 5.28. The Morgan fingerprint density at radius 3 is 2.53 bits per heavy atom. The lowest BCUT2D eigenvalue weighted by Gasteiger charge is -2.16. The monoisotopic (exact) mass is 210 g/mol. The molecule has 1 N–H and O–H groups in total. The van der Waals surface area contributed by atoms with Crippen LogP contribution >= 0.6 is 0 Å². The molecule has 0 aliphatic carbocycles. The summed E-state index contributed by atoms with van der Waals surface area (Å²) in [6, 6.07) is 0. The van der Waals surface area contributed by atoms with Gasteiger partial charge in [0.2, 0.25) is 0 Å². The lowest BCUT2D eigenvalue weighted by molar-refractivity contribution is 0.327. The topological polar surface area (TPSA) is 33.1 Å². The molecular weight excluding hydrogens is 188 g/mol. The molecule has 0 unspecified atom stereocenters. The number of rotatable bonds is 5. The molecule has 0 atom stereocenters. The van der Waals surface area contributed by atoms with Crippen molar-refractivity contribution < 1.29 is 0 Å². The van der Waals surface area contributed by atoms with Crippen LogP contribution in [0.1, 0.15) is 17.0 Å². The fourth-order valence-electron chi connectivity index (χ4n) is 1.70. The van der Waals surface area contributed by atoms with Gasteiger partial charge in [-0.25, -0.2) is 0 Å². The molecule has 0 aromatic carbocycles. The molecule has 0 bridgehead atoms. The van der Waals surface area contributed by atoms with Crippen molar-refractivity contribution >= 4 is 0 Å². The summed E-state index contributed by atoms with van der Waals surface area (Å²) in [6.07, 6.45) is 0. The zero-order chi connectivity index (χ0) is 11.4. The van der Waals surface area contributed by atoms with Crippen LogP contribution < -0.4 is 5.32 Å². The Bertz CT molecular complexity index is 317. The quantitative estimate of drug-likeness (QED) is 0.776. The van der Waals surface area contributed by atoms with Gasteiger partial charge in [0.25, 0.3) is 0 Å². The molecular formula is C11H22N4. The highest BCUT2D eigenvalue weighted by Crippen LogP contribution is 2.13. The molecule has 1 aromatic heterocycles. The fourth-order valence-corrected chi connectivity index (χ4v) is 1.70. The molecule has 4 nitrogen and oxygen atoms in total. The molecule has 15 heavy (non-hydrogen) atoms. The molecule has 1 rings (SSSR count). The van der Waals surface area contributed by atoms with Gasteiger partial charge in [0.05, 0.1) is 5.69 Å². The molecule has 0 aliphatic heterocycles. The molecule has 86 valence electrons. The average Bonchev–Trinajstić information content (AvgIpc) is 2.42. The van der Waals surface area contributed by atoms with Gasteiger partial charge in [0.1, 0.15) is 0 Å². The molecule has 0 fully saturated rings. The van der Waals surface area contributed by atoms with Crippen LogP contribution in [0, 0.1) is 13.8 Å². The first-order chi connectivity index (χ1) is 7.06. The minimum Gasteiger partial charge on any atom is -0.318 e. The van der Waals surface area contributed by atoms with Gasteiger partial charge in [-0.15, -0.1) is 0 Å². The third kappa shape index (κ3) is 3.04. The van der Waals surface area contributed by atoms with Gasteiger partial charge in [0.15, 0.2) is 0 Å². The van der Waals surface area contributed by atoms with Crippen molar-refractivity contribution in [2.24, 2.45) is 7.05 Å². The molecule has 0 saturated heterocycles. The molecule has 0 saturated carbocycles. The predicted molar refractivity (Wildman–Crippen MR) is 62.9 cm³/mol. The molecule has 1 aromatic rings. The lowest BCUT2D eigenvalue weighted by atomic mass is 10.2. The predicted octanol–water partition coefficient (Wildman–Crippen LogP) is 0.688. The van der Waals surface area contributed by atoms with E-state index in [2.05, 4.69) is 36.2 Å². The number of aryl methyl sites for hydroxylation is 2. The van der Waals surface area contributed by atoms with Crippen LogP contribution in [0.15, 0.2) is 0 Å². The summed E-state index contributed by atoms with van der Waals surface area (Å²) in [7, 11) is 6.12. The maximum Gasteiger partial charge on any atom is 0.0641 e. The van der Waals surface area contributed by atoms with Crippen molar-refractivity contribution in [2.75, 3.05) is 27.2 Å². The van der Waals surface area contributed by atoms with E-state index in [0.717, 1.165) is 25.3 Å². The Labute approximate surface area is 92.3 Å². The Balaban J connectivity index is 2.63. The summed E-state index contributed by atoms with van der Waals surface area (Å²) in [6.45, 7) is 7.27. The van der Waals surface area contributed by atoms with E-state index in [4.69, 9.17) is 0 Å². The Morgan fingerprint density at radius 1 is 1.40 bits per heavy atom. The first kappa shape index (κ1) is 12.2. The van der Waals surface area contributed by atoms with Gasteiger partial charge in [-0.2, -0.15) is 5.10 Å². The minimum absolute atomic E-state index is 0.979. The van der Waals surface area contributed by atoms with Crippen molar-refractivity contribution in [2.45, 2.75) is 20.4 Å². The van der Waals surface area contributed by atoms with Gasteiger partial charge < -0.3 is 10.2 Å². The highest BCUT2D eigenvalue weighted by atomic mass is 15.3. The third-order valence-electron chi connectivity index (χ3n) is 2.83. The lowest BCUT2D eigenvalue weighted by Crippen LogP contribution is -2.27.